The molecule has 9 heteroatoms. The predicted octanol–water partition coefficient (Wildman–Crippen LogP) is 5.63. The molecular formula is C21H14Cl2N4O2S. The zero-order valence-corrected chi connectivity index (χ0v) is 17.9. The molecule has 0 saturated heterocycles. The monoisotopic (exact) mass is 456 g/mol. The fourth-order valence-electron chi connectivity index (χ4n) is 2.79. The van der Waals surface area contributed by atoms with Crippen LogP contribution in [0.2, 0.25) is 10.0 Å². The molecule has 2 aromatic heterocycles. The Morgan fingerprint density at radius 3 is 2.70 bits per heavy atom. The minimum Gasteiger partial charge on any atom is -0.434 e. The molecule has 4 aromatic rings. The maximum atomic E-state index is 12.4. The van der Waals surface area contributed by atoms with Gasteiger partial charge >= 0.3 is 0 Å². The number of fused-ring (bicyclic) bond motifs is 1. The number of benzene rings is 2. The lowest BCUT2D eigenvalue weighted by Crippen LogP contribution is -2.34. The summed E-state index contributed by atoms with van der Waals surface area (Å²) in [5.74, 6) is -0.0737. The second-order valence-corrected chi connectivity index (χ2v) is 7.65. The Balaban J connectivity index is 1.52. The van der Waals surface area contributed by atoms with Crippen molar-refractivity contribution in [3.05, 3.63) is 75.9 Å². The van der Waals surface area contributed by atoms with Crippen LogP contribution >= 0.6 is 35.4 Å². The summed E-state index contributed by atoms with van der Waals surface area (Å²) in [6.45, 7) is 1.89. The summed E-state index contributed by atoms with van der Waals surface area (Å²) in [5.41, 5.74) is 3.50. The molecule has 2 N–H and O–H groups in total. The van der Waals surface area contributed by atoms with Gasteiger partial charge in [-0.2, -0.15) is 4.98 Å². The summed E-state index contributed by atoms with van der Waals surface area (Å²) >= 11 is 17.7. The molecule has 0 fully saturated rings. The van der Waals surface area contributed by atoms with Crippen LogP contribution in [0.3, 0.4) is 0 Å². The predicted molar refractivity (Wildman–Crippen MR) is 122 cm³/mol. The molecule has 6 nitrogen and oxygen atoms in total. The van der Waals surface area contributed by atoms with Crippen LogP contribution in [0.4, 0.5) is 5.69 Å². The average Bonchev–Trinajstić information content (AvgIpc) is 3.13. The van der Waals surface area contributed by atoms with E-state index < -0.39 is 5.91 Å². The van der Waals surface area contributed by atoms with Crippen molar-refractivity contribution in [2.45, 2.75) is 6.92 Å². The first-order valence-electron chi connectivity index (χ1n) is 8.80. The molecule has 2 heterocycles. The van der Waals surface area contributed by atoms with E-state index in [0.717, 1.165) is 5.56 Å². The SMILES string of the molecule is Cc1ccc(C(=O)NC(=S)Nc2ccc(Cl)c(-c3nc4ncccc4o3)c2)c(Cl)c1. The van der Waals surface area contributed by atoms with E-state index in [0.29, 0.717) is 44.0 Å². The highest BCUT2D eigenvalue weighted by molar-refractivity contribution is 7.80. The van der Waals surface area contributed by atoms with Gasteiger partial charge in [-0.3, -0.25) is 10.1 Å². The molecule has 30 heavy (non-hydrogen) atoms. The second kappa shape index (κ2) is 8.39. The maximum Gasteiger partial charge on any atom is 0.258 e. The third kappa shape index (κ3) is 4.28. The topological polar surface area (TPSA) is 80.0 Å². The van der Waals surface area contributed by atoms with E-state index in [1.807, 2.05) is 6.92 Å². The first-order chi connectivity index (χ1) is 14.4. The number of carbonyl (C=O) groups excluding carboxylic acids is 1. The third-order valence-electron chi connectivity index (χ3n) is 4.22. The van der Waals surface area contributed by atoms with Crippen molar-refractivity contribution >= 4 is 63.4 Å². The molecule has 4 rings (SSSR count). The Labute approximate surface area is 187 Å². The summed E-state index contributed by atoms with van der Waals surface area (Å²) in [6, 6.07) is 13.8. The van der Waals surface area contributed by atoms with E-state index >= 15 is 0 Å². The Bertz CT molecular complexity index is 1260. The normalized spacial score (nSPS) is 10.8. The highest BCUT2D eigenvalue weighted by Gasteiger charge is 2.15. The van der Waals surface area contributed by atoms with Crippen LogP contribution in [0.5, 0.6) is 0 Å². The molecule has 2 aromatic carbocycles. The van der Waals surface area contributed by atoms with Gasteiger partial charge in [0.15, 0.2) is 16.3 Å². The first kappa shape index (κ1) is 20.3. The molecular weight excluding hydrogens is 443 g/mol. The number of rotatable bonds is 3. The van der Waals surface area contributed by atoms with E-state index in [9.17, 15) is 4.79 Å². The van der Waals surface area contributed by atoms with Gasteiger partial charge in [-0.25, -0.2) is 4.98 Å². The second-order valence-electron chi connectivity index (χ2n) is 6.43. The Morgan fingerprint density at radius 1 is 1.10 bits per heavy atom. The lowest BCUT2D eigenvalue weighted by Gasteiger charge is -2.11. The number of oxazole rings is 1. The average molecular weight is 457 g/mol. The highest BCUT2D eigenvalue weighted by atomic mass is 35.5. The van der Waals surface area contributed by atoms with Crippen LogP contribution in [0, 0.1) is 6.92 Å². The van der Waals surface area contributed by atoms with E-state index in [-0.39, 0.29) is 5.11 Å². The molecule has 0 aliphatic heterocycles. The number of anilines is 1. The van der Waals surface area contributed by atoms with Crippen molar-refractivity contribution in [1.29, 1.82) is 0 Å². The largest absolute Gasteiger partial charge is 0.434 e. The van der Waals surface area contributed by atoms with Gasteiger partial charge in [0, 0.05) is 11.9 Å². The van der Waals surface area contributed by atoms with E-state index in [1.165, 1.54) is 0 Å². The van der Waals surface area contributed by atoms with Crippen LogP contribution in [-0.2, 0) is 0 Å². The van der Waals surface area contributed by atoms with Crippen molar-refractivity contribution in [1.82, 2.24) is 15.3 Å². The fourth-order valence-corrected chi connectivity index (χ4v) is 3.52. The zero-order chi connectivity index (χ0) is 21.3. The minimum atomic E-state index is -0.406. The number of hydrogen-bond acceptors (Lipinski definition) is 5. The summed E-state index contributed by atoms with van der Waals surface area (Å²) in [5, 5.41) is 6.49. The Morgan fingerprint density at radius 2 is 1.93 bits per heavy atom. The van der Waals surface area contributed by atoms with E-state index in [2.05, 4.69) is 20.6 Å². The van der Waals surface area contributed by atoms with Gasteiger partial charge in [0.1, 0.15) is 0 Å². The minimum absolute atomic E-state index is 0.115. The lowest BCUT2D eigenvalue weighted by atomic mass is 10.1. The van der Waals surface area contributed by atoms with Crippen LogP contribution in [0.15, 0.2) is 59.1 Å². The summed E-state index contributed by atoms with van der Waals surface area (Å²) < 4.78 is 5.74. The van der Waals surface area contributed by atoms with E-state index in [1.54, 1.807) is 54.7 Å². The van der Waals surface area contributed by atoms with Crippen LogP contribution in [-0.4, -0.2) is 21.0 Å². The molecule has 0 aliphatic rings. The number of carbonyl (C=O) groups is 1. The van der Waals surface area contributed by atoms with Gasteiger partial charge in [0.2, 0.25) is 5.89 Å². The lowest BCUT2D eigenvalue weighted by molar-refractivity contribution is 0.0978. The van der Waals surface area contributed by atoms with Crippen molar-refractivity contribution in [3.63, 3.8) is 0 Å². The first-order valence-corrected chi connectivity index (χ1v) is 9.97. The van der Waals surface area contributed by atoms with Gasteiger partial charge in [0.25, 0.3) is 5.91 Å². The van der Waals surface area contributed by atoms with Gasteiger partial charge < -0.3 is 9.73 Å². The third-order valence-corrected chi connectivity index (χ3v) is 5.06. The number of amides is 1. The molecule has 0 unspecified atom stereocenters. The van der Waals surface area contributed by atoms with Gasteiger partial charge in [-0.15, -0.1) is 0 Å². The number of pyridine rings is 1. The smallest absolute Gasteiger partial charge is 0.258 e. The molecule has 0 bridgehead atoms. The fraction of sp³-hybridized carbons (Fsp3) is 0.0476. The molecule has 0 atom stereocenters. The molecule has 0 aliphatic carbocycles. The Kier molecular flexibility index (Phi) is 5.67. The molecule has 1 amide bonds. The summed E-state index contributed by atoms with van der Waals surface area (Å²) in [7, 11) is 0. The molecule has 0 spiro atoms. The van der Waals surface area contributed by atoms with Gasteiger partial charge in [0.05, 0.1) is 21.2 Å². The van der Waals surface area contributed by atoms with Crippen LogP contribution < -0.4 is 10.6 Å². The molecule has 0 radical (unpaired) electrons. The number of nitrogens with one attached hydrogen (secondary N) is 2. The van der Waals surface area contributed by atoms with Gasteiger partial charge in [-0.1, -0.05) is 29.3 Å². The van der Waals surface area contributed by atoms with Crippen LogP contribution in [0.25, 0.3) is 22.7 Å². The molecule has 150 valence electrons. The number of hydrogen-bond donors (Lipinski definition) is 2. The highest BCUT2D eigenvalue weighted by Crippen LogP contribution is 2.31. The quantitative estimate of drug-likeness (QED) is 0.388. The zero-order valence-electron chi connectivity index (χ0n) is 15.6. The van der Waals surface area contributed by atoms with Crippen molar-refractivity contribution in [2.24, 2.45) is 0 Å². The van der Waals surface area contributed by atoms with Crippen molar-refractivity contribution < 1.29 is 9.21 Å². The number of halogens is 2. The standard InChI is InChI=1S/C21H14Cl2N4O2S/c1-11-4-6-13(16(23)9-11)19(28)27-21(30)25-12-5-7-15(22)14(10-12)20-26-18-17(29-20)3-2-8-24-18/h2-10H,1H3,(H2,25,27,28,30). The number of thiocarbonyl (C=S) groups is 1. The van der Waals surface area contributed by atoms with E-state index in [4.69, 9.17) is 39.8 Å². The number of nitrogens with zero attached hydrogens (tertiary/aromatic N) is 2. The van der Waals surface area contributed by atoms with Crippen molar-refractivity contribution in [3.8, 4) is 11.5 Å². The summed E-state index contributed by atoms with van der Waals surface area (Å²) in [4.78, 5) is 21.0. The van der Waals surface area contributed by atoms with Crippen LogP contribution in [0.1, 0.15) is 15.9 Å². The number of aryl methyl sites for hydroxylation is 1. The maximum absolute atomic E-state index is 12.4. The number of aromatic nitrogens is 2. The van der Waals surface area contributed by atoms with Crippen molar-refractivity contribution in [2.75, 3.05) is 5.32 Å². The molecule has 0 saturated carbocycles. The Hall–Kier alpha value is -3.00. The summed E-state index contributed by atoms with van der Waals surface area (Å²) in [6.07, 6.45) is 1.63. The van der Waals surface area contributed by atoms with Gasteiger partial charge in [-0.05, 0) is 67.2 Å².